The Labute approximate surface area is 155 Å². The van der Waals surface area contributed by atoms with Crippen LogP contribution in [0.1, 0.15) is 69.2 Å². The number of carbonyl (C=O) groups is 1. The van der Waals surface area contributed by atoms with Crippen LogP contribution in [0.2, 0.25) is 0 Å². The molecule has 0 bridgehead atoms. The van der Waals surface area contributed by atoms with Crippen molar-refractivity contribution in [1.82, 2.24) is 0 Å². The van der Waals surface area contributed by atoms with Crippen molar-refractivity contribution >= 4 is 22.3 Å². The van der Waals surface area contributed by atoms with E-state index in [-0.39, 0.29) is 0 Å². The number of ether oxygens (including phenoxy) is 1. The van der Waals surface area contributed by atoms with Crippen molar-refractivity contribution in [1.29, 1.82) is 0 Å². The molecule has 1 aliphatic rings. The summed E-state index contributed by atoms with van der Waals surface area (Å²) in [7, 11) is 0. The molecular weight excluding hydrogens is 324 g/mol. The number of hydrogen-bond donors (Lipinski definition) is 1. The highest BCUT2D eigenvalue weighted by atomic mass is 16.5. The zero-order valence-electron chi connectivity index (χ0n) is 16.1. The summed E-state index contributed by atoms with van der Waals surface area (Å²) in [5, 5.41) is 12.2. The van der Waals surface area contributed by atoms with Crippen molar-refractivity contribution in [2.75, 3.05) is 0 Å². The minimum atomic E-state index is -0.975. The molecule has 2 aromatic carbocycles. The van der Waals surface area contributed by atoms with Gasteiger partial charge in [0.05, 0.1) is 5.60 Å². The molecule has 0 radical (unpaired) electrons. The zero-order valence-corrected chi connectivity index (χ0v) is 16.1. The number of allylic oxidation sites excluding steroid dienone is 2. The lowest BCUT2D eigenvalue weighted by atomic mass is 9.83. The molecule has 26 heavy (non-hydrogen) atoms. The van der Waals surface area contributed by atoms with Gasteiger partial charge in [0.25, 0.3) is 0 Å². The Morgan fingerprint density at radius 1 is 1.19 bits per heavy atom. The van der Waals surface area contributed by atoms with E-state index in [0.717, 1.165) is 46.7 Å². The first-order valence-electron chi connectivity index (χ1n) is 9.40. The van der Waals surface area contributed by atoms with Crippen molar-refractivity contribution in [3.63, 3.8) is 0 Å². The first-order chi connectivity index (χ1) is 12.3. The van der Waals surface area contributed by atoms with Gasteiger partial charge in [-0.1, -0.05) is 36.4 Å². The van der Waals surface area contributed by atoms with Gasteiger partial charge >= 0.3 is 5.97 Å². The van der Waals surface area contributed by atoms with Gasteiger partial charge in [0, 0.05) is 5.56 Å². The van der Waals surface area contributed by atoms with Gasteiger partial charge in [-0.15, -0.1) is 0 Å². The van der Waals surface area contributed by atoms with E-state index < -0.39 is 17.7 Å². The maximum Gasteiger partial charge on any atom is 0.337 e. The van der Waals surface area contributed by atoms with Gasteiger partial charge in [0.2, 0.25) is 0 Å². The van der Waals surface area contributed by atoms with Gasteiger partial charge in [-0.2, -0.15) is 0 Å². The smallest absolute Gasteiger partial charge is 0.337 e. The fraction of sp³-hybridized carbons (Fsp3) is 0.435. The van der Waals surface area contributed by atoms with Crippen molar-refractivity contribution in [2.45, 2.75) is 65.1 Å². The number of fused-ring (bicyclic) bond motifs is 1. The highest BCUT2D eigenvalue weighted by Gasteiger charge is 2.32. The Morgan fingerprint density at radius 2 is 1.92 bits per heavy atom. The van der Waals surface area contributed by atoms with Crippen molar-refractivity contribution in [3.8, 4) is 0 Å². The molecule has 0 amide bonds. The van der Waals surface area contributed by atoms with E-state index in [4.69, 9.17) is 4.74 Å². The second-order valence-electron chi connectivity index (χ2n) is 8.13. The summed E-state index contributed by atoms with van der Waals surface area (Å²) >= 11 is 0. The largest absolute Gasteiger partial charge is 0.479 e. The molecule has 1 atom stereocenters. The van der Waals surface area contributed by atoms with E-state index in [1.54, 1.807) is 0 Å². The summed E-state index contributed by atoms with van der Waals surface area (Å²) in [5.41, 5.74) is 3.56. The molecule has 3 nitrogen and oxygen atoms in total. The van der Waals surface area contributed by atoms with E-state index in [1.165, 1.54) is 12.0 Å². The van der Waals surface area contributed by atoms with Gasteiger partial charge in [-0.25, -0.2) is 4.79 Å². The third kappa shape index (κ3) is 3.83. The Kier molecular flexibility index (Phi) is 5.19. The summed E-state index contributed by atoms with van der Waals surface area (Å²) < 4.78 is 6.02. The molecular formula is C23H28O3. The SMILES string of the molecule is Cc1cc2ccccc2c(C2=CCCCC2)c1[C@H](OC(C)(C)C)C(=O)O. The van der Waals surface area contributed by atoms with Crippen LogP contribution in [0.3, 0.4) is 0 Å². The number of carboxylic acids is 1. The molecule has 0 spiro atoms. The molecule has 3 rings (SSSR count). The minimum absolute atomic E-state index is 0.542. The zero-order chi connectivity index (χ0) is 18.9. The quantitative estimate of drug-likeness (QED) is 0.729. The summed E-state index contributed by atoms with van der Waals surface area (Å²) in [6.07, 6.45) is 5.69. The van der Waals surface area contributed by atoms with E-state index in [2.05, 4.69) is 24.3 Å². The predicted molar refractivity (Wildman–Crippen MR) is 106 cm³/mol. The van der Waals surface area contributed by atoms with Gasteiger partial charge in [0.15, 0.2) is 6.10 Å². The minimum Gasteiger partial charge on any atom is -0.479 e. The van der Waals surface area contributed by atoms with Crippen LogP contribution >= 0.6 is 0 Å². The molecule has 0 fully saturated rings. The lowest BCUT2D eigenvalue weighted by Crippen LogP contribution is -2.28. The Bertz CT molecular complexity index is 856. The van der Waals surface area contributed by atoms with Crippen molar-refractivity contribution in [3.05, 3.63) is 53.1 Å². The third-order valence-electron chi connectivity index (χ3n) is 4.87. The number of hydrogen-bond acceptors (Lipinski definition) is 2. The molecule has 1 N–H and O–H groups in total. The predicted octanol–water partition coefficient (Wildman–Crippen LogP) is 6.05. The molecule has 0 unspecified atom stereocenters. The summed E-state index contributed by atoms with van der Waals surface area (Å²) in [6.45, 7) is 7.70. The Hall–Kier alpha value is -2.13. The Morgan fingerprint density at radius 3 is 2.54 bits per heavy atom. The van der Waals surface area contributed by atoms with Gasteiger partial charge in [-0.05, 0) is 80.9 Å². The molecule has 0 saturated heterocycles. The van der Waals surface area contributed by atoms with Gasteiger partial charge in [0.1, 0.15) is 0 Å². The number of rotatable bonds is 4. The van der Waals surface area contributed by atoms with Crippen molar-refractivity contribution in [2.24, 2.45) is 0 Å². The number of aryl methyl sites for hydroxylation is 1. The maximum atomic E-state index is 12.2. The summed E-state index contributed by atoms with van der Waals surface area (Å²) in [5.74, 6) is -0.934. The molecule has 0 heterocycles. The average molecular weight is 352 g/mol. The topological polar surface area (TPSA) is 46.5 Å². The molecule has 1 aliphatic carbocycles. The number of carboxylic acid groups (broad SMARTS) is 1. The van der Waals surface area contributed by atoms with Crippen LogP contribution < -0.4 is 0 Å². The molecule has 0 aromatic heterocycles. The molecule has 0 saturated carbocycles. The van der Waals surface area contributed by atoms with Crippen LogP contribution in [0.25, 0.3) is 16.3 Å². The lowest BCUT2D eigenvalue weighted by Gasteiger charge is -2.29. The van der Waals surface area contributed by atoms with E-state index in [9.17, 15) is 9.90 Å². The average Bonchev–Trinajstić information content (AvgIpc) is 2.58. The fourth-order valence-electron chi connectivity index (χ4n) is 3.84. The van der Waals surface area contributed by atoms with Crippen LogP contribution in [0.15, 0.2) is 36.4 Å². The number of benzene rings is 2. The van der Waals surface area contributed by atoms with Gasteiger partial charge < -0.3 is 9.84 Å². The molecule has 2 aromatic rings. The standard InChI is InChI=1S/C23H28O3/c1-15-14-17-12-8-9-13-18(17)20(16-10-6-5-7-11-16)19(15)21(22(24)25)26-23(2,3)4/h8-10,12-14,21H,5-7,11H2,1-4H3,(H,24,25)/t21-/m0/s1. The van der Waals surface area contributed by atoms with E-state index >= 15 is 0 Å². The van der Waals surface area contributed by atoms with Crippen LogP contribution in [-0.2, 0) is 9.53 Å². The van der Waals surface area contributed by atoms with Gasteiger partial charge in [-0.3, -0.25) is 0 Å². The monoisotopic (exact) mass is 352 g/mol. The second-order valence-corrected chi connectivity index (χ2v) is 8.13. The molecule has 3 heteroatoms. The summed E-state index contributed by atoms with van der Waals surface area (Å²) in [4.78, 5) is 12.2. The first kappa shape index (κ1) is 18.7. The van der Waals surface area contributed by atoms with E-state index in [0.29, 0.717) is 0 Å². The van der Waals surface area contributed by atoms with Crippen molar-refractivity contribution < 1.29 is 14.6 Å². The Balaban J connectivity index is 2.30. The fourth-order valence-corrected chi connectivity index (χ4v) is 3.84. The van der Waals surface area contributed by atoms with Crippen LogP contribution in [-0.4, -0.2) is 16.7 Å². The first-order valence-corrected chi connectivity index (χ1v) is 9.40. The van der Waals surface area contributed by atoms with Crippen LogP contribution in [0.5, 0.6) is 0 Å². The molecule has 0 aliphatic heterocycles. The normalized spacial score (nSPS) is 16.4. The van der Waals surface area contributed by atoms with E-state index in [1.807, 2.05) is 39.8 Å². The highest BCUT2D eigenvalue weighted by molar-refractivity contribution is 5.98. The lowest BCUT2D eigenvalue weighted by molar-refractivity contribution is -0.160. The second kappa shape index (κ2) is 7.24. The third-order valence-corrected chi connectivity index (χ3v) is 4.87. The summed E-state index contributed by atoms with van der Waals surface area (Å²) in [6, 6.07) is 10.3. The highest BCUT2D eigenvalue weighted by Crippen LogP contribution is 2.40. The number of aliphatic carboxylic acids is 1. The molecule has 138 valence electrons. The van der Waals surface area contributed by atoms with Crippen LogP contribution in [0.4, 0.5) is 0 Å². The van der Waals surface area contributed by atoms with Crippen LogP contribution in [0, 0.1) is 6.92 Å². The maximum absolute atomic E-state index is 12.2.